The summed E-state index contributed by atoms with van der Waals surface area (Å²) in [7, 11) is 0. The van der Waals surface area contributed by atoms with Crippen molar-refractivity contribution in [2.24, 2.45) is 10.9 Å². The molecule has 0 aromatic carbocycles. The highest BCUT2D eigenvalue weighted by atomic mass is 19.4. The van der Waals surface area contributed by atoms with Crippen LogP contribution >= 0.6 is 0 Å². The molecule has 3 rings (SSSR count). The van der Waals surface area contributed by atoms with Crippen molar-refractivity contribution in [1.82, 2.24) is 9.88 Å². The van der Waals surface area contributed by atoms with Crippen LogP contribution in [0.15, 0.2) is 23.4 Å². The molecule has 0 amide bonds. The second kappa shape index (κ2) is 6.47. The molecule has 144 valence electrons. The monoisotopic (exact) mass is 376 g/mol. The van der Waals surface area contributed by atoms with Crippen LogP contribution < -0.4 is 10.5 Å². The number of guanidine groups is 1. The molecule has 1 aromatic heterocycles. The van der Waals surface area contributed by atoms with Crippen LogP contribution in [-0.2, 0) is 15.7 Å². The van der Waals surface area contributed by atoms with Gasteiger partial charge in [-0.25, -0.2) is 4.98 Å². The number of oxime groups is 1. The number of nitrogens with two attached hydrogens (primary N) is 1. The highest BCUT2D eigenvalue weighted by molar-refractivity contribution is 5.77. The molecule has 8 nitrogen and oxygen atoms in total. The second-order valence-corrected chi connectivity index (χ2v) is 6.52. The van der Waals surface area contributed by atoms with Gasteiger partial charge in [0.2, 0.25) is 11.8 Å². The second-order valence-electron chi connectivity index (χ2n) is 6.52. The van der Waals surface area contributed by atoms with Gasteiger partial charge in [0, 0.05) is 6.07 Å². The van der Waals surface area contributed by atoms with Crippen molar-refractivity contribution < 1.29 is 32.6 Å². The van der Waals surface area contributed by atoms with Crippen LogP contribution in [0.2, 0.25) is 0 Å². The van der Waals surface area contributed by atoms with Gasteiger partial charge in [0.25, 0.3) is 0 Å². The van der Waals surface area contributed by atoms with Gasteiger partial charge >= 0.3 is 6.18 Å². The van der Waals surface area contributed by atoms with E-state index in [0.717, 1.165) is 6.07 Å². The SMILES string of the molecule is CC1(C)O[C@@H]2[C@@H](Oc3cccc(C(F)(F)F)n3)CN(/C(N)=N/O)C[C@@H]2O1. The molecule has 26 heavy (non-hydrogen) atoms. The number of rotatable bonds is 2. The van der Waals surface area contributed by atoms with Gasteiger partial charge in [-0.2, -0.15) is 13.2 Å². The third-order valence-electron chi connectivity index (χ3n) is 4.10. The van der Waals surface area contributed by atoms with E-state index in [1.807, 2.05) is 0 Å². The summed E-state index contributed by atoms with van der Waals surface area (Å²) in [6.07, 6.45) is -6.31. The minimum Gasteiger partial charge on any atom is -0.470 e. The minimum absolute atomic E-state index is 0.133. The maximum absolute atomic E-state index is 12.8. The van der Waals surface area contributed by atoms with Crippen molar-refractivity contribution in [3.05, 3.63) is 23.9 Å². The molecule has 0 saturated carbocycles. The molecule has 2 aliphatic heterocycles. The van der Waals surface area contributed by atoms with Crippen LogP contribution in [0.4, 0.5) is 13.2 Å². The number of hydrogen-bond donors (Lipinski definition) is 2. The lowest BCUT2D eigenvalue weighted by atomic mass is 10.0. The number of piperidine rings is 1. The zero-order valence-electron chi connectivity index (χ0n) is 14.1. The molecule has 3 N–H and O–H groups in total. The van der Waals surface area contributed by atoms with Crippen molar-refractivity contribution in [2.45, 2.75) is 44.1 Å². The van der Waals surface area contributed by atoms with Crippen molar-refractivity contribution in [1.29, 1.82) is 0 Å². The van der Waals surface area contributed by atoms with E-state index < -0.39 is 36.0 Å². The molecule has 0 aliphatic carbocycles. The highest BCUT2D eigenvalue weighted by Gasteiger charge is 2.50. The Balaban J connectivity index is 1.84. The number of hydrogen-bond acceptors (Lipinski definition) is 6. The molecular formula is C15H19F3N4O4. The fraction of sp³-hybridized carbons (Fsp3) is 0.600. The fourth-order valence-corrected chi connectivity index (χ4v) is 3.08. The van der Waals surface area contributed by atoms with Crippen LogP contribution in [0.5, 0.6) is 5.88 Å². The molecule has 0 radical (unpaired) electrons. The molecule has 2 saturated heterocycles. The van der Waals surface area contributed by atoms with Gasteiger partial charge in [0.05, 0.1) is 13.1 Å². The predicted molar refractivity (Wildman–Crippen MR) is 82.5 cm³/mol. The van der Waals surface area contributed by atoms with E-state index in [2.05, 4.69) is 10.1 Å². The highest BCUT2D eigenvalue weighted by Crippen LogP contribution is 2.35. The largest absolute Gasteiger partial charge is 0.470 e. The Bertz CT molecular complexity index is 698. The van der Waals surface area contributed by atoms with Gasteiger partial charge in [0.1, 0.15) is 24.0 Å². The van der Waals surface area contributed by atoms with E-state index in [4.69, 9.17) is 25.2 Å². The quantitative estimate of drug-likeness (QED) is 0.348. The number of alkyl halides is 3. The average molecular weight is 376 g/mol. The molecule has 11 heteroatoms. The molecular weight excluding hydrogens is 357 g/mol. The normalized spacial score (nSPS) is 28.7. The number of pyridine rings is 1. The first-order valence-corrected chi connectivity index (χ1v) is 7.88. The zero-order chi connectivity index (χ0) is 19.1. The predicted octanol–water partition coefficient (Wildman–Crippen LogP) is 1.39. The summed E-state index contributed by atoms with van der Waals surface area (Å²) in [6.45, 7) is 3.87. The molecule has 2 aliphatic rings. The summed E-state index contributed by atoms with van der Waals surface area (Å²) in [4.78, 5) is 5.01. The van der Waals surface area contributed by atoms with Gasteiger partial charge < -0.3 is 30.1 Å². The Morgan fingerprint density at radius 3 is 2.77 bits per heavy atom. The fourth-order valence-electron chi connectivity index (χ4n) is 3.08. The summed E-state index contributed by atoms with van der Waals surface area (Å²) >= 11 is 0. The molecule has 1 aromatic rings. The topological polar surface area (TPSA) is 102 Å². The van der Waals surface area contributed by atoms with E-state index in [-0.39, 0.29) is 18.4 Å². The lowest BCUT2D eigenvalue weighted by Gasteiger charge is -2.38. The minimum atomic E-state index is -4.58. The first kappa shape index (κ1) is 18.5. The molecule has 0 spiro atoms. The standard InChI is InChI=1S/C15H19F3N4O4/c1-14(2)25-9-7-22(13(19)21-23)6-8(12(9)26-14)24-11-5-3-4-10(20-11)15(16,17)18/h3-5,8-9,12,23H,6-7H2,1-2H3,(H2,19,21)/t8-,9-,12+/m0/s1. The maximum Gasteiger partial charge on any atom is 0.433 e. The van der Waals surface area contributed by atoms with Gasteiger partial charge in [-0.15, -0.1) is 0 Å². The van der Waals surface area contributed by atoms with Crippen LogP contribution in [0, 0.1) is 0 Å². The van der Waals surface area contributed by atoms with Crippen LogP contribution in [-0.4, -0.2) is 58.2 Å². The smallest absolute Gasteiger partial charge is 0.433 e. The summed E-state index contributed by atoms with van der Waals surface area (Å²) in [6, 6.07) is 3.40. The third-order valence-corrected chi connectivity index (χ3v) is 4.10. The Labute approximate surface area is 147 Å². The van der Waals surface area contributed by atoms with E-state index in [9.17, 15) is 13.2 Å². The molecule has 2 fully saturated rings. The number of ether oxygens (including phenoxy) is 3. The van der Waals surface area contributed by atoms with Gasteiger partial charge in [-0.3, -0.25) is 0 Å². The van der Waals surface area contributed by atoms with E-state index >= 15 is 0 Å². The summed E-state index contributed by atoms with van der Waals surface area (Å²) in [5.74, 6) is -1.24. The summed E-state index contributed by atoms with van der Waals surface area (Å²) in [5, 5.41) is 11.9. The number of halogens is 3. The number of nitrogens with zero attached hydrogens (tertiary/aromatic N) is 3. The maximum atomic E-state index is 12.8. The average Bonchev–Trinajstić information content (AvgIpc) is 2.88. The Kier molecular flexibility index (Phi) is 4.61. The van der Waals surface area contributed by atoms with Crippen LogP contribution in [0.3, 0.4) is 0 Å². The van der Waals surface area contributed by atoms with Crippen molar-refractivity contribution >= 4 is 5.96 Å². The van der Waals surface area contributed by atoms with Crippen molar-refractivity contribution in [2.75, 3.05) is 13.1 Å². The lowest BCUT2D eigenvalue weighted by molar-refractivity contribution is -0.151. The Morgan fingerprint density at radius 1 is 1.38 bits per heavy atom. The number of likely N-dealkylation sites (tertiary alicyclic amines) is 1. The van der Waals surface area contributed by atoms with Crippen molar-refractivity contribution in [3.63, 3.8) is 0 Å². The number of aromatic nitrogens is 1. The van der Waals surface area contributed by atoms with Crippen LogP contribution in [0.1, 0.15) is 19.5 Å². The van der Waals surface area contributed by atoms with Gasteiger partial charge in [-0.05, 0) is 19.9 Å². The van der Waals surface area contributed by atoms with Gasteiger partial charge in [0.15, 0.2) is 5.79 Å². The lowest BCUT2D eigenvalue weighted by Crippen LogP contribution is -2.59. The molecule has 3 atom stereocenters. The first-order valence-electron chi connectivity index (χ1n) is 7.88. The molecule has 0 bridgehead atoms. The van der Waals surface area contributed by atoms with Crippen molar-refractivity contribution in [3.8, 4) is 5.88 Å². The molecule has 0 unspecified atom stereocenters. The Morgan fingerprint density at radius 2 is 2.12 bits per heavy atom. The third kappa shape index (κ3) is 3.78. The summed E-state index contributed by atoms with van der Waals surface area (Å²) in [5.41, 5.74) is 4.59. The molecule has 3 heterocycles. The van der Waals surface area contributed by atoms with Crippen LogP contribution in [0.25, 0.3) is 0 Å². The van der Waals surface area contributed by atoms with Gasteiger partial charge in [-0.1, -0.05) is 11.2 Å². The van der Waals surface area contributed by atoms with E-state index in [1.165, 1.54) is 17.0 Å². The first-order chi connectivity index (χ1) is 12.1. The Hall–Kier alpha value is -2.27. The number of fused-ring (bicyclic) bond motifs is 1. The summed E-state index contributed by atoms with van der Waals surface area (Å²) < 4.78 is 55.8. The van der Waals surface area contributed by atoms with E-state index in [1.54, 1.807) is 13.8 Å². The van der Waals surface area contributed by atoms with E-state index in [0.29, 0.717) is 6.54 Å². The zero-order valence-corrected chi connectivity index (χ0v) is 14.1.